The van der Waals surface area contributed by atoms with Crippen LogP contribution >= 0.6 is 0 Å². The summed E-state index contributed by atoms with van der Waals surface area (Å²) in [5, 5.41) is 11.1. The predicted octanol–water partition coefficient (Wildman–Crippen LogP) is 3.15. The van der Waals surface area contributed by atoms with Crippen molar-refractivity contribution in [2.45, 2.75) is 104 Å². The lowest BCUT2D eigenvalue weighted by molar-refractivity contribution is -0.137. The van der Waals surface area contributed by atoms with Gasteiger partial charge in [-0.2, -0.15) is 0 Å². The summed E-state index contributed by atoms with van der Waals surface area (Å²) in [5.41, 5.74) is 0.149. The number of alkyl carbamates (subject to hydrolysis) is 1. The number of nitrogens with one attached hydrogen (secondary N) is 4. The molecule has 2 rings (SSSR count). The SMILES string of the molecule is CCOC(=O)/C=C/[C@H](C[C@@H]1CCNC1=O)NC(=O)[C@H](CC(C)C)NC(=O)[C@@H](NC(=O)OCc1ccccc1)[C@@H](C)OC(C)(C)C. The van der Waals surface area contributed by atoms with Gasteiger partial charge in [-0.1, -0.05) is 50.3 Å². The second kappa shape index (κ2) is 18.1. The van der Waals surface area contributed by atoms with Crippen molar-refractivity contribution in [3.05, 3.63) is 48.0 Å². The number of hydrogen-bond donors (Lipinski definition) is 4. The lowest BCUT2D eigenvalue weighted by Crippen LogP contribution is -2.59. The summed E-state index contributed by atoms with van der Waals surface area (Å²) in [5.74, 6) is -2.14. The zero-order chi connectivity index (χ0) is 33.6. The predicted molar refractivity (Wildman–Crippen MR) is 169 cm³/mol. The molecule has 0 aromatic heterocycles. The molecular formula is C33H50N4O8. The fourth-order valence-electron chi connectivity index (χ4n) is 4.91. The van der Waals surface area contributed by atoms with E-state index in [1.807, 2.05) is 65.0 Å². The first-order valence-electron chi connectivity index (χ1n) is 15.6. The first kappa shape index (κ1) is 37.3. The third-order valence-electron chi connectivity index (χ3n) is 6.90. The molecular weight excluding hydrogens is 580 g/mol. The van der Waals surface area contributed by atoms with E-state index in [9.17, 15) is 24.0 Å². The van der Waals surface area contributed by atoms with Crippen LogP contribution in [0.1, 0.15) is 73.3 Å². The van der Waals surface area contributed by atoms with Gasteiger partial charge in [0.15, 0.2) is 0 Å². The van der Waals surface area contributed by atoms with E-state index in [-0.39, 0.29) is 43.8 Å². The highest BCUT2D eigenvalue weighted by Crippen LogP contribution is 2.18. The molecule has 0 radical (unpaired) electrons. The summed E-state index contributed by atoms with van der Waals surface area (Å²) < 4.78 is 16.3. The summed E-state index contributed by atoms with van der Waals surface area (Å²) in [6, 6.07) is 6.28. The molecule has 1 aliphatic heterocycles. The molecule has 4 amide bonds. The molecule has 1 aliphatic rings. The summed E-state index contributed by atoms with van der Waals surface area (Å²) in [7, 11) is 0. The maximum atomic E-state index is 13.7. The average Bonchev–Trinajstić information content (AvgIpc) is 3.36. The van der Waals surface area contributed by atoms with Crippen molar-refractivity contribution in [1.29, 1.82) is 0 Å². The summed E-state index contributed by atoms with van der Waals surface area (Å²) in [6.45, 7) is 13.4. The molecule has 12 nitrogen and oxygen atoms in total. The van der Waals surface area contributed by atoms with Gasteiger partial charge < -0.3 is 35.5 Å². The van der Waals surface area contributed by atoms with Crippen LogP contribution in [-0.2, 0) is 40.0 Å². The maximum Gasteiger partial charge on any atom is 0.408 e. The Morgan fingerprint density at radius 3 is 2.27 bits per heavy atom. The maximum absolute atomic E-state index is 13.7. The standard InChI is InChI=1S/C33H50N4O8/c1-8-43-27(38)15-14-25(19-24-16-17-34-29(24)39)35-30(40)26(18-21(2)3)36-31(41)28(22(4)45-33(5,6)7)37-32(42)44-20-23-12-10-9-11-13-23/h9-15,21-22,24-26,28H,8,16-20H2,1-7H3,(H,34,39)(H,35,40)(H,36,41)(H,37,42)/b15-14+/t22-,24+,25-,26+,28+/m1/s1. The number of hydrogen-bond acceptors (Lipinski definition) is 8. The Kier molecular flexibility index (Phi) is 15.0. The molecule has 5 atom stereocenters. The van der Waals surface area contributed by atoms with Crippen molar-refractivity contribution in [3.8, 4) is 0 Å². The molecule has 45 heavy (non-hydrogen) atoms. The van der Waals surface area contributed by atoms with E-state index in [2.05, 4.69) is 21.3 Å². The highest BCUT2D eigenvalue weighted by molar-refractivity contribution is 5.92. The monoisotopic (exact) mass is 630 g/mol. The number of esters is 1. The first-order valence-corrected chi connectivity index (χ1v) is 15.6. The smallest absolute Gasteiger partial charge is 0.408 e. The van der Waals surface area contributed by atoms with Crippen LogP contribution in [0.5, 0.6) is 0 Å². The van der Waals surface area contributed by atoms with Crippen LogP contribution in [0.2, 0.25) is 0 Å². The van der Waals surface area contributed by atoms with Crippen LogP contribution in [0, 0.1) is 11.8 Å². The van der Waals surface area contributed by atoms with E-state index < -0.39 is 53.7 Å². The van der Waals surface area contributed by atoms with Gasteiger partial charge in [-0.15, -0.1) is 0 Å². The third kappa shape index (κ3) is 14.1. The minimum absolute atomic E-state index is 0.00756. The van der Waals surface area contributed by atoms with Crippen molar-refractivity contribution in [2.24, 2.45) is 11.8 Å². The molecule has 0 bridgehead atoms. The van der Waals surface area contributed by atoms with Crippen molar-refractivity contribution < 1.29 is 38.2 Å². The van der Waals surface area contributed by atoms with E-state index in [1.54, 1.807) is 13.8 Å². The molecule has 0 aliphatic carbocycles. The highest BCUT2D eigenvalue weighted by atomic mass is 16.6. The van der Waals surface area contributed by atoms with Gasteiger partial charge in [-0.05, 0) is 65.4 Å². The largest absolute Gasteiger partial charge is 0.463 e. The number of rotatable bonds is 16. The van der Waals surface area contributed by atoms with E-state index in [4.69, 9.17) is 14.2 Å². The lowest BCUT2D eigenvalue weighted by atomic mass is 9.96. The molecule has 4 N–H and O–H groups in total. The topological polar surface area (TPSA) is 161 Å². The first-order chi connectivity index (χ1) is 21.2. The van der Waals surface area contributed by atoms with E-state index in [0.717, 1.165) is 5.56 Å². The van der Waals surface area contributed by atoms with Crippen LogP contribution in [0.3, 0.4) is 0 Å². The summed E-state index contributed by atoms with van der Waals surface area (Å²) in [4.78, 5) is 64.4. The van der Waals surface area contributed by atoms with Gasteiger partial charge in [0.25, 0.3) is 0 Å². The molecule has 0 unspecified atom stereocenters. The van der Waals surface area contributed by atoms with Crippen LogP contribution in [0.25, 0.3) is 0 Å². The van der Waals surface area contributed by atoms with E-state index in [1.165, 1.54) is 12.2 Å². The van der Waals surface area contributed by atoms with Crippen LogP contribution in [0.4, 0.5) is 4.79 Å². The Hall–Kier alpha value is -3.93. The Bertz CT molecular complexity index is 1160. The molecule has 0 saturated carbocycles. The Morgan fingerprint density at radius 1 is 1.00 bits per heavy atom. The van der Waals surface area contributed by atoms with Gasteiger partial charge in [0.2, 0.25) is 17.7 Å². The van der Waals surface area contributed by atoms with Gasteiger partial charge in [-0.3, -0.25) is 14.4 Å². The fraction of sp³-hybridized carbons (Fsp3) is 0.606. The number of ether oxygens (including phenoxy) is 3. The van der Waals surface area contributed by atoms with Crippen molar-refractivity contribution in [3.63, 3.8) is 0 Å². The summed E-state index contributed by atoms with van der Waals surface area (Å²) in [6.07, 6.45) is 2.29. The van der Waals surface area contributed by atoms with Crippen LogP contribution in [-0.4, -0.2) is 72.8 Å². The molecule has 1 heterocycles. The molecule has 1 aromatic rings. The van der Waals surface area contributed by atoms with Gasteiger partial charge in [0.05, 0.1) is 18.3 Å². The molecule has 1 fully saturated rings. The van der Waals surface area contributed by atoms with Gasteiger partial charge in [0.1, 0.15) is 18.7 Å². The van der Waals surface area contributed by atoms with Crippen molar-refractivity contribution >= 4 is 29.8 Å². The van der Waals surface area contributed by atoms with Gasteiger partial charge in [0, 0.05) is 24.6 Å². The lowest BCUT2D eigenvalue weighted by Gasteiger charge is -2.32. The minimum Gasteiger partial charge on any atom is -0.463 e. The Balaban J connectivity index is 2.22. The Morgan fingerprint density at radius 2 is 1.69 bits per heavy atom. The molecule has 12 heteroatoms. The minimum atomic E-state index is -1.18. The van der Waals surface area contributed by atoms with E-state index >= 15 is 0 Å². The summed E-state index contributed by atoms with van der Waals surface area (Å²) >= 11 is 0. The number of carbonyl (C=O) groups is 5. The van der Waals surface area contributed by atoms with Crippen LogP contribution < -0.4 is 21.3 Å². The molecule has 1 aromatic carbocycles. The highest BCUT2D eigenvalue weighted by Gasteiger charge is 2.35. The van der Waals surface area contributed by atoms with Crippen molar-refractivity contribution in [1.82, 2.24) is 21.3 Å². The van der Waals surface area contributed by atoms with Crippen molar-refractivity contribution in [2.75, 3.05) is 13.2 Å². The second-order valence-corrected chi connectivity index (χ2v) is 12.5. The Labute approximate surface area is 266 Å². The number of benzene rings is 1. The van der Waals surface area contributed by atoms with Crippen LogP contribution in [0.15, 0.2) is 42.5 Å². The zero-order valence-electron chi connectivity index (χ0n) is 27.5. The third-order valence-corrected chi connectivity index (χ3v) is 6.90. The van der Waals surface area contributed by atoms with E-state index in [0.29, 0.717) is 13.0 Å². The normalized spacial score (nSPS) is 17.6. The molecule has 1 saturated heterocycles. The second-order valence-electron chi connectivity index (χ2n) is 12.5. The number of amides is 4. The fourth-order valence-corrected chi connectivity index (χ4v) is 4.91. The molecule has 0 spiro atoms. The molecule has 250 valence electrons. The average molecular weight is 631 g/mol. The van der Waals surface area contributed by atoms with Gasteiger partial charge >= 0.3 is 12.1 Å². The van der Waals surface area contributed by atoms with Gasteiger partial charge in [-0.25, -0.2) is 9.59 Å². The quantitative estimate of drug-likeness (QED) is 0.160. The zero-order valence-corrected chi connectivity index (χ0v) is 27.5. The number of carbonyl (C=O) groups excluding carboxylic acids is 5.